The van der Waals surface area contributed by atoms with E-state index in [9.17, 15) is 9.59 Å². The summed E-state index contributed by atoms with van der Waals surface area (Å²) in [6.07, 6.45) is 6.12. The van der Waals surface area contributed by atoms with Gasteiger partial charge in [0.15, 0.2) is 5.78 Å². The molecule has 2 fully saturated rings. The summed E-state index contributed by atoms with van der Waals surface area (Å²) in [7, 11) is 0. The number of fused-ring (bicyclic) bond motifs is 3. The summed E-state index contributed by atoms with van der Waals surface area (Å²) in [5, 5.41) is 4.79. The van der Waals surface area contributed by atoms with Crippen molar-refractivity contribution in [2.75, 3.05) is 26.2 Å². The van der Waals surface area contributed by atoms with E-state index in [1.165, 1.54) is 6.42 Å². The maximum Gasteiger partial charge on any atom is 0.242 e. The van der Waals surface area contributed by atoms with E-state index in [1.54, 1.807) is 6.07 Å². The fourth-order valence-electron chi connectivity index (χ4n) is 6.03. The number of nitrogens with zero attached hydrogens (tertiary/aromatic N) is 2. The van der Waals surface area contributed by atoms with E-state index in [4.69, 9.17) is 16.3 Å². The summed E-state index contributed by atoms with van der Waals surface area (Å²) in [5.41, 5.74) is 3.04. The average Bonchev–Trinajstić information content (AvgIpc) is 3.40. The first-order valence-corrected chi connectivity index (χ1v) is 13.0. The van der Waals surface area contributed by atoms with Crippen molar-refractivity contribution < 1.29 is 14.3 Å². The average molecular weight is 492 g/mol. The number of ether oxygens (including phenoxy) is 1. The molecule has 0 radical (unpaired) electrons. The molecule has 1 amide bonds. The number of hydrogen-bond donors (Lipinski definition) is 1. The number of carbonyl (C=O) groups is 2. The summed E-state index contributed by atoms with van der Waals surface area (Å²) < 4.78 is 8.52. The zero-order valence-corrected chi connectivity index (χ0v) is 20.5. The van der Waals surface area contributed by atoms with Gasteiger partial charge in [-0.15, -0.1) is 0 Å². The molecule has 6 nitrogen and oxygen atoms in total. The molecule has 1 aromatic heterocycles. The van der Waals surface area contributed by atoms with Gasteiger partial charge in [0.05, 0.1) is 11.1 Å². The van der Waals surface area contributed by atoms with Crippen LogP contribution in [0.15, 0.2) is 48.7 Å². The standard InChI is InChI=1S/C28H30ClN3O3/c29-19-8-9-20-22(17-32(24(20)16-19)18-25(33)31-14-4-1-5-15-31)26(34)27-21-6-2-3-7-23(21)28(35-27)10-12-30-13-11-28/h2-3,6-9,16-17,27,30H,1,4-5,10-15,18H2/t27-/m1/s1. The van der Waals surface area contributed by atoms with Crippen LogP contribution in [0.3, 0.4) is 0 Å². The molecule has 2 aromatic carbocycles. The molecule has 2 saturated heterocycles. The molecule has 1 N–H and O–H groups in total. The Morgan fingerprint density at radius 3 is 2.63 bits per heavy atom. The molecule has 0 unspecified atom stereocenters. The third-order valence-electron chi connectivity index (χ3n) is 7.85. The van der Waals surface area contributed by atoms with E-state index in [2.05, 4.69) is 11.4 Å². The maximum absolute atomic E-state index is 14.1. The van der Waals surface area contributed by atoms with Gasteiger partial charge in [-0.1, -0.05) is 41.9 Å². The molecule has 3 aromatic rings. The van der Waals surface area contributed by atoms with Crippen LogP contribution in [0.2, 0.25) is 5.02 Å². The van der Waals surface area contributed by atoms with Crippen molar-refractivity contribution in [3.05, 3.63) is 70.4 Å². The largest absolute Gasteiger partial charge is 0.354 e. The Hall–Kier alpha value is -2.67. The van der Waals surface area contributed by atoms with Crippen LogP contribution in [0.4, 0.5) is 0 Å². The number of ketones is 1. The number of halogens is 1. The number of likely N-dealkylation sites (tertiary alicyclic amines) is 1. The van der Waals surface area contributed by atoms with Crippen molar-refractivity contribution in [3.63, 3.8) is 0 Å². The second-order valence-electron chi connectivity index (χ2n) is 9.97. The van der Waals surface area contributed by atoms with Crippen LogP contribution < -0.4 is 5.32 Å². The molecule has 182 valence electrons. The molecule has 0 bridgehead atoms. The lowest BCUT2D eigenvalue weighted by Gasteiger charge is -2.34. The molecular formula is C28H30ClN3O3. The second kappa shape index (κ2) is 9.08. The van der Waals surface area contributed by atoms with Crippen molar-refractivity contribution in [1.29, 1.82) is 0 Å². The van der Waals surface area contributed by atoms with Crippen LogP contribution in [0.5, 0.6) is 0 Å². The smallest absolute Gasteiger partial charge is 0.242 e. The minimum absolute atomic E-state index is 0.0654. The van der Waals surface area contributed by atoms with E-state index in [0.29, 0.717) is 10.6 Å². The van der Waals surface area contributed by atoms with Crippen LogP contribution in [0.1, 0.15) is 59.7 Å². The lowest BCUT2D eigenvalue weighted by atomic mass is 9.84. The van der Waals surface area contributed by atoms with Gasteiger partial charge in [-0.05, 0) is 68.5 Å². The summed E-state index contributed by atoms with van der Waals surface area (Å²) in [5.74, 6) is 0.0149. The minimum Gasteiger partial charge on any atom is -0.354 e. The zero-order chi connectivity index (χ0) is 24.0. The number of benzene rings is 2. The van der Waals surface area contributed by atoms with Gasteiger partial charge in [-0.2, -0.15) is 0 Å². The highest BCUT2D eigenvalue weighted by Crippen LogP contribution is 2.49. The molecule has 1 atom stereocenters. The van der Waals surface area contributed by atoms with E-state index in [-0.39, 0.29) is 18.2 Å². The topological polar surface area (TPSA) is 63.6 Å². The number of piperidine rings is 2. The molecule has 35 heavy (non-hydrogen) atoms. The van der Waals surface area contributed by atoms with Crippen molar-refractivity contribution in [2.24, 2.45) is 0 Å². The highest BCUT2D eigenvalue weighted by molar-refractivity contribution is 6.31. The van der Waals surface area contributed by atoms with Crippen molar-refractivity contribution in [1.82, 2.24) is 14.8 Å². The number of rotatable bonds is 4. The molecular weight excluding hydrogens is 462 g/mol. The molecule has 0 aliphatic carbocycles. The Kier molecular flexibility index (Phi) is 5.91. The van der Waals surface area contributed by atoms with E-state index in [1.807, 2.05) is 46.0 Å². The molecule has 0 saturated carbocycles. The summed E-state index contributed by atoms with van der Waals surface area (Å²) in [6, 6.07) is 13.7. The summed E-state index contributed by atoms with van der Waals surface area (Å²) in [6.45, 7) is 3.53. The quantitative estimate of drug-likeness (QED) is 0.530. The predicted molar refractivity (Wildman–Crippen MR) is 136 cm³/mol. The lowest BCUT2D eigenvalue weighted by molar-refractivity contribution is -0.132. The Morgan fingerprint density at radius 2 is 1.83 bits per heavy atom. The number of carbonyl (C=O) groups excluding carboxylic acids is 2. The molecule has 4 heterocycles. The maximum atomic E-state index is 14.1. The fraction of sp³-hybridized carbons (Fsp3) is 0.429. The second-order valence-corrected chi connectivity index (χ2v) is 10.4. The number of Topliss-reactive ketones (excluding diaryl/α,β-unsaturated/α-hetero) is 1. The highest BCUT2D eigenvalue weighted by Gasteiger charge is 2.48. The van der Waals surface area contributed by atoms with Gasteiger partial charge in [0.2, 0.25) is 5.91 Å². The van der Waals surface area contributed by atoms with Crippen LogP contribution in [0, 0.1) is 0 Å². The third kappa shape index (κ3) is 3.98. The van der Waals surface area contributed by atoms with Crippen LogP contribution in [-0.2, 0) is 21.7 Å². The first-order valence-electron chi connectivity index (χ1n) is 12.6. The van der Waals surface area contributed by atoms with Crippen LogP contribution in [0.25, 0.3) is 10.9 Å². The van der Waals surface area contributed by atoms with Gasteiger partial charge >= 0.3 is 0 Å². The zero-order valence-electron chi connectivity index (χ0n) is 19.8. The van der Waals surface area contributed by atoms with Crippen molar-refractivity contribution in [3.8, 4) is 0 Å². The fourth-order valence-corrected chi connectivity index (χ4v) is 6.19. The first-order chi connectivity index (χ1) is 17.1. The predicted octanol–water partition coefficient (Wildman–Crippen LogP) is 4.84. The van der Waals surface area contributed by atoms with Gasteiger partial charge < -0.3 is 19.5 Å². The van der Waals surface area contributed by atoms with Crippen LogP contribution >= 0.6 is 11.6 Å². The normalized spacial score (nSPS) is 21.4. The summed E-state index contributed by atoms with van der Waals surface area (Å²) in [4.78, 5) is 29.0. The lowest BCUT2D eigenvalue weighted by Crippen LogP contribution is -2.40. The van der Waals surface area contributed by atoms with Crippen molar-refractivity contribution >= 4 is 34.2 Å². The molecule has 3 aliphatic heterocycles. The SMILES string of the molecule is O=C(c1cn(CC(=O)N2CCCCC2)c2cc(Cl)ccc12)[C@@H]1OC2(CCNCC2)c2ccccc21. The van der Waals surface area contributed by atoms with Gasteiger partial charge in [-0.25, -0.2) is 0 Å². The molecule has 1 spiro atoms. The molecule has 7 heteroatoms. The molecule has 6 rings (SSSR count). The first kappa shape index (κ1) is 22.8. The van der Waals surface area contributed by atoms with Crippen LogP contribution in [-0.4, -0.2) is 47.3 Å². The third-order valence-corrected chi connectivity index (χ3v) is 8.09. The Morgan fingerprint density at radius 1 is 1.06 bits per heavy atom. The van der Waals surface area contributed by atoms with E-state index < -0.39 is 11.7 Å². The number of nitrogens with one attached hydrogen (secondary N) is 1. The van der Waals surface area contributed by atoms with Gasteiger partial charge in [0, 0.05) is 35.3 Å². The Labute approximate surface area is 210 Å². The van der Waals surface area contributed by atoms with Gasteiger partial charge in [0.1, 0.15) is 12.6 Å². The Balaban J connectivity index is 1.37. The van der Waals surface area contributed by atoms with E-state index >= 15 is 0 Å². The monoisotopic (exact) mass is 491 g/mol. The number of aromatic nitrogens is 1. The van der Waals surface area contributed by atoms with Crippen molar-refractivity contribution in [2.45, 2.75) is 50.4 Å². The summed E-state index contributed by atoms with van der Waals surface area (Å²) >= 11 is 6.33. The number of hydrogen-bond acceptors (Lipinski definition) is 4. The highest BCUT2D eigenvalue weighted by atomic mass is 35.5. The van der Waals surface area contributed by atoms with E-state index in [0.717, 1.165) is 73.9 Å². The molecule has 3 aliphatic rings. The number of amides is 1. The Bertz CT molecular complexity index is 1290. The van der Waals surface area contributed by atoms with Gasteiger partial charge in [0.25, 0.3) is 0 Å². The minimum atomic E-state index is -0.656. The van der Waals surface area contributed by atoms with Gasteiger partial charge in [-0.3, -0.25) is 9.59 Å².